The second-order valence-corrected chi connectivity index (χ2v) is 5.18. The van der Waals surface area contributed by atoms with Crippen molar-refractivity contribution >= 4 is 23.4 Å². The van der Waals surface area contributed by atoms with Crippen molar-refractivity contribution in [1.82, 2.24) is 4.90 Å². The first-order chi connectivity index (χ1) is 11.0. The van der Waals surface area contributed by atoms with E-state index >= 15 is 0 Å². The number of ether oxygens (including phenoxy) is 1. The van der Waals surface area contributed by atoms with Crippen LogP contribution >= 0.6 is 0 Å². The van der Waals surface area contributed by atoms with Gasteiger partial charge in [-0.3, -0.25) is 14.5 Å². The average molecular weight is 318 g/mol. The Morgan fingerprint density at radius 1 is 1.30 bits per heavy atom. The van der Waals surface area contributed by atoms with Crippen LogP contribution in [-0.2, 0) is 14.4 Å². The molecule has 0 aromatic heterocycles. The molecule has 1 fully saturated rings. The molecule has 9 nitrogen and oxygen atoms in total. The fraction of sp³-hybridized carbons (Fsp3) is 0.357. The fourth-order valence-corrected chi connectivity index (χ4v) is 2.65. The van der Waals surface area contributed by atoms with Crippen LogP contribution in [0.1, 0.15) is 0 Å². The smallest absolute Gasteiger partial charge is 0.497 e. The highest BCUT2D eigenvalue weighted by atomic mass is 16.5. The minimum atomic E-state index is -0.836. The lowest BCUT2D eigenvalue weighted by Gasteiger charge is -2.26. The van der Waals surface area contributed by atoms with Gasteiger partial charge >= 0.3 is 11.8 Å². The van der Waals surface area contributed by atoms with Gasteiger partial charge in [0.2, 0.25) is 0 Å². The molecular weight excluding hydrogens is 302 g/mol. The van der Waals surface area contributed by atoms with E-state index in [1.54, 1.807) is 19.2 Å². The predicted octanol–water partition coefficient (Wildman–Crippen LogP) is -0.882. The van der Waals surface area contributed by atoms with Crippen LogP contribution in [0, 0.1) is 0 Å². The van der Waals surface area contributed by atoms with Crippen molar-refractivity contribution < 1.29 is 23.8 Å². The monoisotopic (exact) mass is 318 g/mol. The van der Waals surface area contributed by atoms with Crippen LogP contribution in [0.4, 0.5) is 5.69 Å². The molecule has 0 radical (unpaired) electrons. The zero-order valence-corrected chi connectivity index (χ0v) is 12.5. The number of carbonyl (C=O) groups excluding carboxylic acids is 3. The molecule has 2 heterocycles. The molecule has 2 aliphatic heterocycles. The van der Waals surface area contributed by atoms with Gasteiger partial charge in [-0.2, -0.15) is 0 Å². The largest absolute Gasteiger partial charge is 0.502 e. The van der Waals surface area contributed by atoms with Gasteiger partial charge in [0.05, 0.1) is 7.11 Å². The van der Waals surface area contributed by atoms with Gasteiger partial charge in [-0.05, 0) is 29.0 Å². The number of benzene rings is 1. The minimum Gasteiger partial charge on any atom is -0.497 e. The molecule has 9 heteroatoms. The zero-order chi connectivity index (χ0) is 16.6. The third-order valence-electron chi connectivity index (χ3n) is 3.77. The highest BCUT2D eigenvalue weighted by molar-refractivity contribution is 6.31. The molecule has 1 aromatic rings. The van der Waals surface area contributed by atoms with Crippen LogP contribution in [0.3, 0.4) is 0 Å². The molecule has 1 atom stereocenters. The third kappa shape index (κ3) is 2.60. The van der Waals surface area contributed by atoms with Gasteiger partial charge in [0.15, 0.2) is 0 Å². The Bertz CT molecular complexity index is 700. The van der Waals surface area contributed by atoms with Crippen molar-refractivity contribution in [1.29, 1.82) is 0 Å². The van der Waals surface area contributed by atoms with Crippen LogP contribution in [0.5, 0.6) is 5.75 Å². The molecule has 0 saturated carbocycles. The summed E-state index contributed by atoms with van der Waals surface area (Å²) < 4.78 is 5.96. The van der Waals surface area contributed by atoms with E-state index < -0.39 is 30.6 Å². The number of anilines is 1. The van der Waals surface area contributed by atoms with Crippen molar-refractivity contribution in [2.45, 2.75) is 6.29 Å². The Hall–Kier alpha value is -2.97. The summed E-state index contributed by atoms with van der Waals surface area (Å²) in [7, 11) is 1.58. The predicted molar refractivity (Wildman–Crippen MR) is 77.6 cm³/mol. The van der Waals surface area contributed by atoms with Crippen LogP contribution in [0.15, 0.2) is 29.4 Å². The molecule has 0 spiro atoms. The summed E-state index contributed by atoms with van der Waals surface area (Å²) in [5.41, 5.74) is 5.94. The van der Waals surface area contributed by atoms with Crippen molar-refractivity contribution in [2.24, 2.45) is 10.8 Å². The molecule has 1 unspecified atom stereocenters. The first-order valence-corrected chi connectivity index (χ1v) is 7.03. The number of methoxy groups -OCH3 is 1. The number of primary amides is 1. The molecule has 0 bridgehead atoms. The van der Waals surface area contributed by atoms with Crippen LogP contribution in [0.25, 0.3) is 0 Å². The van der Waals surface area contributed by atoms with Gasteiger partial charge in [-0.1, -0.05) is 0 Å². The number of nitrogens with zero attached hydrogens (tertiary/aromatic N) is 4. The number of carbonyl (C=O) groups is 3. The SMILES string of the molecule is COc1ccc(N2CCN3C(=O)C(=O)[N+](CC(N)=O)=NC32)cc1. The highest BCUT2D eigenvalue weighted by Gasteiger charge is 2.49. The summed E-state index contributed by atoms with van der Waals surface area (Å²) in [6.45, 7) is 0.504. The number of hydrogen-bond donors (Lipinski definition) is 1. The summed E-state index contributed by atoms with van der Waals surface area (Å²) in [4.78, 5) is 38.4. The van der Waals surface area contributed by atoms with E-state index in [1.165, 1.54) is 4.90 Å². The van der Waals surface area contributed by atoms with Gasteiger partial charge in [0, 0.05) is 23.9 Å². The van der Waals surface area contributed by atoms with Gasteiger partial charge in [0.25, 0.3) is 18.7 Å². The number of azo groups is 2. The lowest BCUT2D eigenvalue weighted by molar-refractivity contribution is -0.509. The van der Waals surface area contributed by atoms with E-state index in [0.717, 1.165) is 10.4 Å². The van der Waals surface area contributed by atoms with Crippen molar-refractivity contribution in [3.63, 3.8) is 0 Å². The number of amides is 3. The quantitative estimate of drug-likeness (QED) is 0.573. The number of hydrogen-bond acceptors (Lipinski definition) is 6. The van der Waals surface area contributed by atoms with E-state index in [0.29, 0.717) is 18.8 Å². The summed E-state index contributed by atoms with van der Waals surface area (Å²) in [6, 6.07) is 7.29. The van der Waals surface area contributed by atoms with Gasteiger partial charge in [-0.15, -0.1) is 0 Å². The maximum atomic E-state index is 12.2. The summed E-state index contributed by atoms with van der Waals surface area (Å²) in [6.07, 6.45) is -0.659. The molecule has 0 aliphatic carbocycles. The van der Waals surface area contributed by atoms with E-state index in [4.69, 9.17) is 10.5 Å². The van der Waals surface area contributed by atoms with Crippen LogP contribution < -0.4 is 15.4 Å². The maximum Gasteiger partial charge on any atom is 0.502 e. The number of rotatable bonds is 4. The van der Waals surface area contributed by atoms with E-state index in [9.17, 15) is 14.4 Å². The summed E-state index contributed by atoms with van der Waals surface area (Å²) in [5.74, 6) is -1.52. The Morgan fingerprint density at radius 2 is 1.96 bits per heavy atom. The fourth-order valence-electron chi connectivity index (χ4n) is 2.65. The van der Waals surface area contributed by atoms with E-state index in [1.807, 2.05) is 17.0 Å². The summed E-state index contributed by atoms with van der Waals surface area (Å²) >= 11 is 0. The van der Waals surface area contributed by atoms with E-state index in [2.05, 4.69) is 5.11 Å². The second-order valence-electron chi connectivity index (χ2n) is 5.18. The van der Waals surface area contributed by atoms with E-state index in [-0.39, 0.29) is 0 Å². The molecule has 2 N–H and O–H groups in total. The van der Waals surface area contributed by atoms with Crippen LogP contribution in [-0.4, -0.2) is 60.4 Å². The van der Waals surface area contributed by atoms with Crippen LogP contribution in [0.2, 0.25) is 0 Å². The molecule has 23 heavy (non-hydrogen) atoms. The first kappa shape index (κ1) is 14.9. The summed E-state index contributed by atoms with van der Waals surface area (Å²) in [5, 5.41) is 4.20. The molecular formula is C14H16N5O4+. The minimum absolute atomic E-state index is 0.384. The molecule has 3 rings (SSSR count). The molecule has 120 valence electrons. The lowest BCUT2D eigenvalue weighted by Crippen LogP contribution is -2.53. The van der Waals surface area contributed by atoms with Crippen molar-refractivity contribution in [2.75, 3.05) is 31.6 Å². The van der Waals surface area contributed by atoms with Gasteiger partial charge in [0.1, 0.15) is 5.75 Å². The molecule has 1 saturated heterocycles. The average Bonchev–Trinajstić information content (AvgIpc) is 2.96. The Kier molecular flexibility index (Phi) is 3.68. The normalized spacial score (nSPS) is 20.4. The van der Waals surface area contributed by atoms with Crippen molar-refractivity contribution in [3.8, 4) is 5.75 Å². The van der Waals surface area contributed by atoms with Gasteiger partial charge < -0.3 is 15.4 Å². The molecule has 2 aliphatic rings. The molecule has 3 amide bonds. The second kappa shape index (κ2) is 5.67. The topological polar surface area (TPSA) is 108 Å². The Morgan fingerprint density at radius 3 is 2.57 bits per heavy atom. The third-order valence-corrected chi connectivity index (χ3v) is 3.77. The lowest BCUT2D eigenvalue weighted by atomic mass is 10.3. The van der Waals surface area contributed by atoms with Crippen molar-refractivity contribution in [3.05, 3.63) is 24.3 Å². The van der Waals surface area contributed by atoms with Gasteiger partial charge in [-0.25, -0.2) is 4.79 Å². The zero-order valence-electron chi connectivity index (χ0n) is 12.5. The maximum absolute atomic E-state index is 12.2. The number of fused-ring (bicyclic) bond motifs is 1. The highest BCUT2D eigenvalue weighted by Crippen LogP contribution is 2.28. The number of nitrogens with two attached hydrogens (primary N) is 1. The first-order valence-electron chi connectivity index (χ1n) is 7.03. The Balaban J connectivity index is 1.92. The molecule has 1 aromatic carbocycles. The Labute approximate surface area is 131 Å². The standard InChI is InChI=1S/C14H15N5O4/c1-23-10-4-2-9(3-5-10)17-6-7-18-12(21)13(22)19(8-11(15)20)16-14(17)18/h2-5,14H,6-8H2,1H3,(H-,15,20)/p+1.